The average Bonchev–Trinajstić information content (AvgIpc) is 3.58. The Morgan fingerprint density at radius 2 is 1.75 bits per heavy atom. The molecule has 288 valence electrons. The minimum atomic E-state index is -4.78. The van der Waals surface area contributed by atoms with Gasteiger partial charge >= 0.3 is 234 Å². The summed E-state index contributed by atoms with van der Waals surface area (Å²) in [6, 6.07) is 7.59. The number of rotatable bonds is 12. The summed E-state index contributed by atoms with van der Waals surface area (Å²) in [5.74, 6) is -0.543. The third-order valence-electron chi connectivity index (χ3n) is 7.86. The van der Waals surface area contributed by atoms with Gasteiger partial charge in [-0.2, -0.15) is 13.2 Å². The second-order valence-corrected chi connectivity index (χ2v) is 12.8. The Morgan fingerprint density at radius 3 is 2.30 bits per heavy atom. The quantitative estimate of drug-likeness (QED) is 0.101. The Hall–Kier alpha value is -4.74. The van der Waals surface area contributed by atoms with E-state index in [4.69, 9.17) is 24.4 Å². The van der Waals surface area contributed by atoms with E-state index in [2.05, 4.69) is 5.32 Å². The summed E-state index contributed by atoms with van der Waals surface area (Å²) in [6.07, 6.45) is -2.01. The van der Waals surface area contributed by atoms with Gasteiger partial charge in [-0.05, 0) is 23.8 Å². The van der Waals surface area contributed by atoms with Crippen LogP contribution >= 0.6 is 0 Å². The van der Waals surface area contributed by atoms with Gasteiger partial charge in [0.25, 0.3) is 0 Å². The number of nitrogens with one attached hydrogen (secondary N) is 1. The molecular formula is C38H47BF6N4O4. The van der Waals surface area contributed by atoms with Crippen LogP contribution in [-0.2, 0) is 21.7 Å². The molecule has 1 N–H and O–H groups in total. The van der Waals surface area contributed by atoms with Crippen molar-refractivity contribution in [1.29, 1.82) is 5.26 Å². The molecule has 2 unspecified atom stereocenters. The predicted molar refractivity (Wildman–Crippen MR) is 196 cm³/mol. The summed E-state index contributed by atoms with van der Waals surface area (Å²) in [7, 11) is 1.11. The van der Waals surface area contributed by atoms with E-state index in [1.807, 2.05) is 32.6 Å². The molecule has 15 heteroatoms. The van der Waals surface area contributed by atoms with Crippen LogP contribution in [0.4, 0.5) is 31.1 Å². The van der Waals surface area contributed by atoms with Crippen LogP contribution in [0.2, 0.25) is 0 Å². The Morgan fingerprint density at radius 1 is 1.09 bits per heavy atom. The van der Waals surface area contributed by atoms with Crippen LogP contribution in [0.5, 0.6) is 5.75 Å². The second kappa shape index (κ2) is 19.9. The fourth-order valence-corrected chi connectivity index (χ4v) is 5.32. The van der Waals surface area contributed by atoms with Crippen molar-refractivity contribution in [3.05, 3.63) is 76.9 Å². The standard InChI is InChI=1S/C36H41BF6N4O4.C2H6/c1-7-23(3)31(29-12-9-19-47(29)32(37-50-22-44)46-33(48)51-34(4,5)6)45-28(8-2)25-15-18-30(27(21-25)36(41,42)43)49-20-10-11-24-13-16-26(17-14-24)35(38,39)40;1-2/h8,10-11,13-18,21,23,29H,7,9,12,19-20H2,1-6H3,(H,46,48);1-2H3/b11-10+,28-8-,45-31?;. The normalized spacial score (nSPS) is 16.3. The van der Waals surface area contributed by atoms with E-state index in [-0.39, 0.29) is 35.5 Å². The van der Waals surface area contributed by atoms with Gasteiger partial charge in [-0.15, -0.1) is 0 Å². The average molecular weight is 749 g/mol. The molecule has 1 saturated heterocycles. The Bertz CT molecular complexity index is 1670. The molecule has 1 amide bonds. The van der Waals surface area contributed by atoms with Crippen LogP contribution < -0.4 is 10.1 Å². The minimum absolute atomic E-state index is 0.119. The monoisotopic (exact) mass is 748 g/mol. The topological polar surface area (TPSA) is 96.2 Å². The molecule has 0 aromatic heterocycles. The first-order valence-corrected chi connectivity index (χ1v) is 17.3. The zero-order chi connectivity index (χ0) is 40.0. The van der Waals surface area contributed by atoms with E-state index in [9.17, 15) is 31.1 Å². The largest absolute Gasteiger partial charge is 0.0683 e. The van der Waals surface area contributed by atoms with Crippen molar-refractivity contribution in [1.82, 2.24) is 10.2 Å². The molecule has 0 radical (unpaired) electrons. The summed E-state index contributed by atoms with van der Waals surface area (Å²) < 4.78 is 97.1. The number of alkyl carbamates (subject to hydrolysis) is 1. The van der Waals surface area contributed by atoms with Gasteiger partial charge in [-0.1, -0.05) is 32.1 Å². The Labute approximate surface area is 308 Å². The molecule has 2 atom stereocenters. The fourth-order valence-electron chi connectivity index (χ4n) is 5.32. The Balaban J connectivity index is 0.00000477. The number of aliphatic imine (C=N–C) groups is 1. The number of carbonyl (C=O) groups is 1. The molecule has 53 heavy (non-hydrogen) atoms. The third kappa shape index (κ3) is 13.6. The van der Waals surface area contributed by atoms with E-state index < -0.39 is 40.9 Å². The van der Waals surface area contributed by atoms with E-state index in [0.29, 0.717) is 37.1 Å². The summed E-state index contributed by atoms with van der Waals surface area (Å²) in [5.41, 5.74) is -0.873. The van der Waals surface area contributed by atoms with Gasteiger partial charge in [0.1, 0.15) is 0 Å². The number of nitrogens with zero attached hydrogens (tertiary/aromatic N) is 3. The van der Waals surface area contributed by atoms with Gasteiger partial charge in [-0.25, -0.2) is 0 Å². The smallest absolute Gasteiger partial charge is 0.0683 e. The molecular weight excluding hydrogens is 701 g/mol. The van der Waals surface area contributed by atoms with E-state index in [1.54, 1.807) is 40.0 Å². The molecule has 1 aliphatic heterocycles. The summed E-state index contributed by atoms with van der Waals surface area (Å²) in [4.78, 5) is 19.4. The van der Waals surface area contributed by atoms with Gasteiger partial charge in [-0.3, -0.25) is 0 Å². The van der Waals surface area contributed by atoms with Crippen LogP contribution in [0.15, 0.2) is 59.6 Å². The van der Waals surface area contributed by atoms with Crippen molar-refractivity contribution in [3.8, 4) is 12.0 Å². The number of hydrogen-bond donors (Lipinski definition) is 1. The van der Waals surface area contributed by atoms with Gasteiger partial charge in [0, 0.05) is 0 Å². The molecule has 8 nitrogen and oxygen atoms in total. The number of hydrogen-bond acceptors (Lipinski definition) is 7. The van der Waals surface area contributed by atoms with Crippen LogP contribution in [0, 0.1) is 17.4 Å². The fraction of sp³-hybridized carbons (Fsp3) is 0.474. The molecule has 1 fully saturated rings. The van der Waals surface area contributed by atoms with Crippen LogP contribution in [-0.4, -0.2) is 54.3 Å². The van der Waals surface area contributed by atoms with E-state index >= 15 is 0 Å². The molecule has 2 aromatic rings. The van der Waals surface area contributed by atoms with Crippen molar-refractivity contribution < 1.29 is 45.3 Å². The van der Waals surface area contributed by atoms with Crippen LogP contribution in [0.1, 0.15) is 96.9 Å². The Kier molecular flexibility index (Phi) is 16.7. The number of benzene rings is 2. The molecule has 3 rings (SSSR count). The first kappa shape index (κ1) is 44.4. The SMILES string of the molecule is C/C=C(\N=C(C(C)CC)C1CCCN1C(=BOC#N)NC(=O)OC(C)(C)C)c1ccc(OC/C=C/c2ccc(C(F)(F)F)cc2)c(C(F)(F)F)c1.CC. The van der Waals surface area contributed by atoms with Crippen LogP contribution in [0.25, 0.3) is 11.8 Å². The minimum Gasteiger partial charge on any atom is -0.0683 e. The number of ether oxygens (including phenoxy) is 2. The summed E-state index contributed by atoms with van der Waals surface area (Å²) >= 11 is 0. The van der Waals surface area contributed by atoms with Crippen molar-refractivity contribution in [3.63, 3.8) is 0 Å². The van der Waals surface area contributed by atoms with Crippen molar-refractivity contribution in [2.24, 2.45) is 10.9 Å². The first-order chi connectivity index (χ1) is 24.9. The molecule has 0 aliphatic carbocycles. The number of nitriles is 1. The zero-order valence-corrected chi connectivity index (χ0v) is 31.3. The summed E-state index contributed by atoms with van der Waals surface area (Å²) in [5, 5.41) is 11.7. The van der Waals surface area contributed by atoms with Crippen molar-refractivity contribution >= 4 is 36.4 Å². The van der Waals surface area contributed by atoms with Crippen LogP contribution in [0.3, 0.4) is 0 Å². The van der Waals surface area contributed by atoms with E-state index in [0.717, 1.165) is 25.3 Å². The van der Waals surface area contributed by atoms with Crippen molar-refractivity contribution in [2.45, 2.75) is 98.6 Å². The maximum absolute atomic E-state index is 14.3. The van der Waals surface area contributed by atoms with Crippen molar-refractivity contribution in [2.75, 3.05) is 13.2 Å². The van der Waals surface area contributed by atoms with Gasteiger partial charge in [0.05, 0.1) is 5.56 Å². The van der Waals surface area contributed by atoms with Gasteiger partial charge in [0.2, 0.25) is 0 Å². The molecule has 0 spiro atoms. The first-order valence-electron chi connectivity index (χ1n) is 17.3. The summed E-state index contributed by atoms with van der Waals surface area (Å²) in [6.45, 7) is 14.9. The third-order valence-corrected chi connectivity index (χ3v) is 7.86. The molecule has 0 bridgehead atoms. The van der Waals surface area contributed by atoms with E-state index in [1.165, 1.54) is 36.4 Å². The maximum atomic E-state index is 14.3. The second-order valence-electron chi connectivity index (χ2n) is 12.8. The number of halogens is 6. The maximum Gasteiger partial charge on any atom is -0.0683 e. The number of carbonyl (C=O) groups excluding carboxylic acids is 1. The number of allylic oxidation sites excluding steroid dienone is 1. The molecule has 1 aliphatic rings. The molecule has 2 aromatic carbocycles. The number of amides is 1. The predicted octanol–water partition coefficient (Wildman–Crippen LogP) is 9.88. The molecule has 1 heterocycles. The number of likely N-dealkylation sites (tertiary alicyclic amines) is 1. The zero-order valence-electron chi connectivity index (χ0n) is 31.3. The molecule has 0 saturated carbocycles. The van der Waals surface area contributed by atoms with Gasteiger partial charge < -0.3 is 0 Å². The number of alkyl halides is 6. The van der Waals surface area contributed by atoms with Gasteiger partial charge in [0.15, 0.2) is 0 Å².